The van der Waals surface area contributed by atoms with E-state index in [2.05, 4.69) is 15.1 Å². The average molecular weight is 406 g/mol. The van der Waals surface area contributed by atoms with Gasteiger partial charge in [0.05, 0.1) is 5.41 Å². The van der Waals surface area contributed by atoms with Crippen LogP contribution in [0.15, 0.2) is 18.3 Å². The van der Waals surface area contributed by atoms with Gasteiger partial charge in [-0.2, -0.15) is 5.10 Å². The number of piperidine rings is 1. The molecule has 3 heterocycles. The number of nitrogens with two attached hydrogens (primary N) is 1. The van der Waals surface area contributed by atoms with Crippen molar-refractivity contribution < 1.29 is 9.53 Å². The highest BCUT2D eigenvalue weighted by molar-refractivity contribution is 5.85. The number of likely N-dealkylation sites (N-methyl/N-ethyl adjacent to an activating group) is 1. The van der Waals surface area contributed by atoms with E-state index < -0.39 is 5.41 Å². The summed E-state index contributed by atoms with van der Waals surface area (Å²) in [6.07, 6.45) is 5.16. The van der Waals surface area contributed by atoms with Crippen LogP contribution in [0.2, 0.25) is 0 Å². The molecule has 148 valence electrons. The van der Waals surface area contributed by atoms with E-state index in [1.165, 1.54) is 0 Å². The summed E-state index contributed by atoms with van der Waals surface area (Å²) in [5, 5.41) is 8.16. The molecule has 1 amide bonds. The van der Waals surface area contributed by atoms with Gasteiger partial charge in [-0.3, -0.25) is 4.79 Å². The lowest BCUT2D eigenvalue weighted by Gasteiger charge is -2.43. The number of hydrogen-bond donors (Lipinski definition) is 1. The van der Waals surface area contributed by atoms with Gasteiger partial charge >= 0.3 is 0 Å². The highest BCUT2D eigenvalue weighted by atomic mass is 35.5. The topological polar surface area (TPSA) is 84.6 Å². The fourth-order valence-electron chi connectivity index (χ4n) is 3.75. The lowest BCUT2D eigenvalue weighted by Crippen LogP contribution is -2.56. The van der Waals surface area contributed by atoms with Gasteiger partial charge in [0.2, 0.25) is 5.91 Å². The molecule has 1 unspecified atom stereocenters. The molecule has 9 heteroatoms. The number of halogens is 2. The Morgan fingerprint density at radius 1 is 1.42 bits per heavy atom. The van der Waals surface area contributed by atoms with E-state index in [0.717, 1.165) is 31.7 Å². The number of rotatable bonds is 4. The van der Waals surface area contributed by atoms with Crippen LogP contribution in [0.4, 0.5) is 5.82 Å². The number of hydrogen-bond acceptors (Lipinski definition) is 6. The Kier molecular flexibility index (Phi) is 9.03. The summed E-state index contributed by atoms with van der Waals surface area (Å²) >= 11 is 0. The van der Waals surface area contributed by atoms with Crippen LogP contribution in [0.3, 0.4) is 0 Å². The normalized spacial score (nSPS) is 21.9. The summed E-state index contributed by atoms with van der Waals surface area (Å²) in [5.41, 5.74) is 5.54. The van der Waals surface area contributed by atoms with Gasteiger partial charge in [-0.05, 0) is 37.8 Å². The first-order valence-electron chi connectivity index (χ1n) is 8.74. The van der Waals surface area contributed by atoms with Crippen molar-refractivity contribution in [3.05, 3.63) is 18.3 Å². The molecular weight excluding hydrogens is 377 g/mol. The minimum absolute atomic E-state index is 0. The lowest BCUT2D eigenvalue weighted by atomic mass is 9.78. The molecule has 3 rings (SSSR count). The second-order valence-electron chi connectivity index (χ2n) is 6.84. The molecule has 2 fully saturated rings. The van der Waals surface area contributed by atoms with E-state index in [-0.39, 0.29) is 36.8 Å². The Balaban J connectivity index is 0.00000169. The molecular formula is C17H29Cl2N5O2. The molecule has 0 spiro atoms. The van der Waals surface area contributed by atoms with Gasteiger partial charge in [0.25, 0.3) is 0 Å². The molecule has 1 atom stereocenters. The Morgan fingerprint density at radius 2 is 2.15 bits per heavy atom. The minimum Gasteiger partial charge on any atom is -0.381 e. The number of nitrogens with zero attached hydrogens (tertiary/aromatic N) is 4. The maximum atomic E-state index is 13.1. The van der Waals surface area contributed by atoms with Crippen molar-refractivity contribution in [2.45, 2.75) is 31.7 Å². The smallest absolute Gasteiger partial charge is 0.230 e. The van der Waals surface area contributed by atoms with Gasteiger partial charge in [-0.25, -0.2) is 0 Å². The van der Waals surface area contributed by atoms with Crippen molar-refractivity contribution in [3.63, 3.8) is 0 Å². The van der Waals surface area contributed by atoms with Crippen molar-refractivity contribution in [2.75, 3.05) is 44.8 Å². The molecule has 2 aliphatic rings. The van der Waals surface area contributed by atoms with Crippen molar-refractivity contribution in [2.24, 2.45) is 11.1 Å². The summed E-state index contributed by atoms with van der Waals surface area (Å²) in [5.74, 6) is 1.04. The van der Waals surface area contributed by atoms with Crippen LogP contribution in [0, 0.1) is 5.41 Å². The van der Waals surface area contributed by atoms with E-state index in [4.69, 9.17) is 10.5 Å². The fourth-order valence-corrected chi connectivity index (χ4v) is 3.75. The Bertz CT molecular complexity index is 557. The molecule has 1 aromatic rings. The van der Waals surface area contributed by atoms with Crippen molar-refractivity contribution >= 4 is 36.5 Å². The number of carbonyl (C=O) groups excluding carboxylic acids is 1. The molecule has 7 nitrogen and oxygen atoms in total. The molecule has 0 bridgehead atoms. The minimum atomic E-state index is -0.457. The highest BCUT2D eigenvalue weighted by Gasteiger charge is 2.42. The first-order chi connectivity index (χ1) is 11.7. The molecule has 0 aromatic carbocycles. The Labute approximate surface area is 167 Å². The third-order valence-electron chi connectivity index (χ3n) is 5.44. The second-order valence-corrected chi connectivity index (χ2v) is 6.84. The first-order valence-corrected chi connectivity index (χ1v) is 8.74. The zero-order valence-corrected chi connectivity index (χ0v) is 16.8. The number of aromatic nitrogens is 2. The summed E-state index contributed by atoms with van der Waals surface area (Å²) < 4.78 is 5.43. The van der Waals surface area contributed by atoms with Crippen LogP contribution in [0.25, 0.3) is 0 Å². The summed E-state index contributed by atoms with van der Waals surface area (Å²) in [4.78, 5) is 17.3. The van der Waals surface area contributed by atoms with Gasteiger partial charge < -0.3 is 20.3 Å². The molecule has 0 radical (unpaired) electrons. The number of ether oxygens (including phenoxy) is 1. The molecule has 2 N–H and O–H groups in total. The maximum Gasteiger partial charge on any atom is 0.230 e. The summed E-state index contributed by atoms with van der Waals surface area (Å²) in [6, 6.07) is 4.04. The van der Waals surface area contributed by atoms with Gasteiger partial charge in [0.1, 0.15) is 0 Å². The van der Waals surface area contributed by atoms with Crippen LogP contribution in [0.1, 0.15) is 25.7 Å². The lowest BCUT2D eigenvalue weighted by molar-refractivity contribution is -0.148. The quantitative estimate of drug-likeness (QED) is 0.816. The third kappa shape index (κ3) is 4.76. The van der Waals surface area contributed by atoms with E-state index in [9.17, 15) is 4.79 Å². The number of amides is 1. The van der Waals surface area contributed by atoms with Crippen LogP contribution >= 0.6 is 24.8 Å². The predicted octanol–water partition coefficient (Wildman–Crippen LogP) is 1.50. The first kappa shape index (κ1) is 22.9. The average Bonchev–Trinajstić information content (AvgIpc) is 2.68. The number of carbonyl (C=O) groups is 1. The molecule has 0 saturated carbocycles. The van der Waals surface area contributed by atoms with Crippen molar-refractivity contribution in [1.29, 1.82) is 0 Å². The fraction of sp³-hybridized carbons (Fsp3) is 0.706. The number of anilines is 1. The Hall–Kier alpha value is -1.15. The Morgan fingerprint density at radius 3 is 2.77 bits per heavy atom. The van der Waals surface area contributed by atoms with Crippen molar-refractivity contribution in [1.82, 2.24) is 15.1 Å². The van der Waals surface area contributed by atoms with Crippen molar-refractivity contribution in [3.8, 4) is 0 Å². The SMILES string of the molecule is CN(C(=O)C1(CN)CCOCC1)C1CCCN(c2cccnn2)C1.Cl.Cl. The monoisotopic (exact) mass is 405 g/mol. The molecule has 0 aliphatic carbocycles. The van der Waals surface area contributed by atoms with E-state index in [1.807, 2.05) is 24.1 Å². The van der Waals surface area contributed by atoms with Crippen LogP contribution in [-0.2, 0) is 9.53 Å². The van der Waals surface area contributed by atoms with Crippen LogP contribution in [-0.4, -0.2) is 66.9 Å². The molecule has 26 heavy (non-hydrogen) atoms. The zero-order chi connectivity index (χ0) is 17.0. The van der Waals surface area contributed by atoms with Gasteiger partial charge in [-0.15, -0.1) is 29.9 Å². The van der Waals surface area contributed by atoms with Crippen LogP contribution in [0.5, 0.6) is 0 Å². The summed E-state index contributed by atoms with van der Waals surface area (Å²) in [7, 11) is 1.92. The largest absolute Gasteiger partial charge is 0.381 e. The third-order valence-corrected chi connectivity index (χ3v) is 5.44. The van der Waals surface area contributed by atoms with Gasteiger partial charge in [0, 0.05) is 52.1 Å². The summed E-state index contributed by atoms with van der Waals surface area (Å²) in [6.45, 7) is 3.37. The molecule has 2 aliphatic heterocycles. The van der Waals surface area contributed by atoms with Crippen LogP contribution < -0.4 is 10.6 Å². The van der Waals surface area contributed by atoms with E-state index in [0.29, 0.717) is 32.6 Å². The standard InChI is InChI=1S/C17H27N5O2.2ClH/c1-21(16(23)17(13-18)6-10-24-11-7-17)14-4-3-9-22(12-14)15-5-2-8-19-20-15;;/h2,5,8,14H,3-4,6-7,9-13,18H2,1H3;2*1H. The van der Waals surface area contributed by atoms with E-state index in [1.54, 1.807) is 6.20 Å². The zero-order valence-electron chi connectivity index (χ0n) is 15.2. The maximum absolute atomic E-state index is 13.1. The van der Waals surface area contributed by atoms with E-state index >= 15 is 0 Å². The van der Waals surface area contributed by atoms with Gasteiger partial charge in [0.15, 0.2) is 5.82 Å². The molecule has 2 saturated heterocycles. The predicted molar refractivity (Wildman–Crippen MR) is 106 cm³/mol. The van der Waals surface area contributed by atoms with Gasteiger partial charge in [-0.1, -0.05) is 0 Å². The second kappa shape index (κ2) is 10.3. The molecule has 1 aromatic heterocycles. The highest BCUT2D eigenvalue weighted by Crippen LogP contribution is 2.33.